The van der Waals surface area contributed by atoms with Crippen molar-refractivity contribution in [1.82, 2.24) is 10.6 Å². The van der Waals surface area contributed by atoms with E-state index in [1.54, 1.807) is 25.1 Å². The number of rotatable bonds is 10. The van der Waals surface area contributed by atoms with E-state index in [0.717, 1.165) is 16.7 Å². The summed E-state index contributed by atoms with van der Waals surface area (Å²) in [6.45, 7) is 2.93. The van der Waals surface area contributed by atoms with E-state index < -0.39 is 5.41 Å². The lowest BCUT2D eigenvalue weighted by molar-refractivity contribution is -0.149. The average molecular weight is 515 g/mol. The second kappa shape index (κ2) is 12.4. The van der Waals surface area contributed by atoms with Gasteiger partial charge in [-0.05, 0) is 55.0 Å². The Labute approximate surface area is 223 Å². The molecule has 38 heavy (non-hydrogen) atoms. The Kier molecular flexibility index (Phi) is 8.79. The first-order chi connectivity index (χ1) is 18.5. The summed E-state index contributed by atoms with van der Waals surface area (Å²) in [6, 6.07) is 24.4. The summed E-state index contributed by atoms with van der Waals surface area (Å²) >= 11 is 0. The van der Waals surface area contributed by atoms with Crippen LogP contribution in [0.5, 0.6) is 5.75 Å². The SMILES string of the molecule is CCOC(=O)[C@]1(c2ccccc2)CC[C@@H](C(=O)NCCCNC(=O)c2ccccc2OC)c2ccccc21. The van der Waals surface area contributed by atoms with Crippen LogP contribution in [-0.4, -0.2) is 44.6 Å². The quantitative estimate of drug-likeness (QED) is 0.310. The Morgan fingerprint density at radius 2 is 1.58 bits per heavy atom. The minimum Gasteiger partial charge on any atom is -0.496 e. The number of ether oxygens (including phenoxy) is 2. The maximum absolute atomic E-state index is 13.4. The van der Waals surface area contributed by atoms with Crippen LogP contribution >= 0.6 is 0 Å². The van der Waals surface area contributed by atoms with Gasteiger partial charge in [-0.3, -0.25) is 14.4 Å². The van der Waals surface area contributed by atoms with Crippen molar-refractivity contribution in [3.8, 4) is 5.75 Å². The zero-order chi connectivity index (χ0) is 27.0. The highest BCUT2D eigenvalue weighted by atomic mass is 16.5. The number of fused-ring (bicyclic) bond motifs is 1. The van der Waals surface area contributed by atoms with E-state index in [4.69, 9.17) is 9.47 Å². The van der Waals surface area contributed by atoms with E-state index in [2.05, 4.69) is 10.6 Å². The van der Waals surface area contributed by atoms with Crippen LogP contribution in [0.4, 0.5) is 0 Å². The highest BCUT2D eigenvalue weighted by Gasteiger charge is 2.49. The Morgan fingerprint density at radius 1 is 0.895 bits per heavy atom. The number of hydrogen-bond acceptors (Lipinski definition) is 5. The fourth-order valence-electron chi connectivity index (χ4n) is 5.27. The number of nitrogens with one attached hydrogen (secondary N) is 2. The molecule has 198 valence electrons. The van der Waals surface area contributed by atoms with Crippen LogP contribution in [0.1, 0.15) is 59.2 Å². The molecule has 7 heteroatoms. The Hall–Kier alpha value is -4.13. The highest BCUT2D eigenvalue weighted by Crippen LogP contribution is 2.47. The molecule has 4 rings (SSSR count). The van der Waals surface area contributed by atoms with Crippen molar-refractivity contribution in [3.63, 3.8) is 0 Å². The molecule has 2 amide bonds. The molecule has 3 aromatic carbocycles. The maximum atomic E-state index is 13.4. The lowest BCUT2D eigenvalue weighted by Crippen LogP contribution is -2.45. The number of benzene rings is 3. The van der Waals surface area contributed by atoms with Gasteiger partial charge in [-0.2, -0.15) is 0 Å². The molecule has 0 unspecified atom stereocenters. The molecule has 2 atom stereocenters. The number of hydrogen-bond donors (Lipinski definition) is 2. The standard InChI is InChI=1S/C31H34N2O5/c1-3-38-30(36)31(22-12-5-4-6-13-22)19-18-24(23-14-7-9-16-26(23)31)28(34)32-20-11-21-33-29(35)25-15-8-10-17-27(25)37-2/h4-10,12-17,24H,3,11,18-21H2,1-2H3,(H,32,34)(H,33,35)/t24-,31+/m1/s1. The monoisotopic (exact) mass is 514 g/mol. The van der Waals surface area contributed by atoms with Crippen LogP contribution in [0.3, 0.4) is 0 Å². The third-order valence-electron chi connectivity index (χ3n) is 7.10. The summed E-state index contributed by atoms with van der Waals surface area (Å²) in [6.07, 6.45) is 1.57. The molecule has 1 aliphatic rings. The fraction of sp³-hybridized carbons (Fsp3) is 0.323. The molecule has 0 spiro atoms. The number of methoxy groups -OCH3 is 1. The number of carbonyl (C=O) groups is 3. The van der Waals surface area contributed by atoms with Gasteiger partial charge in [0.1, 0.15) is 11.2 Å². The Balaban J connectivity index is 1.43. The van der Waals surface area contributed by atoms with Crippen molar-refractivity contribution < 1.29 is 23.9 Å². The summed E-state index contributed by atoms with van der Waals surface area (Å²) in [5, 5.41) is 5.89. The molecule has 0 bridgehead atoms. The fourth-order valence-corrected chi connectivity index (χ4v) is 5.27. The van der Waals surface area contributed by atoms with Crippen LogP contribution in [0.15, 0.2) is 78.9 Å². The molecule has 0 saturated heterocycles. The number of esters is 1. The van der Waals surface area contributed by atoms with Gasteiger partial charge in [0.15, 0.2) is 0 Å². The zero-order valence-electron chi connectivity index (χ0n) is 21.9. The molecule has 2 N–H and O–H groups in total. The average Bonchev–Trinajstić information content (AvgIpc) is 2.96. The molecule has 1 aliphatic carbocycles. The van der Waals surface area contributed by atoms with Crippen LogP contribution in [-0.2, 0) is 19.7 Å². The predicted octanol–water partition coefficient (Wildman–Crippen LogP) is 4.36. The second-order valence-electron chi connectivity index (χ2n) is 9.27. The van der Waals surface area contributed by atoms with Crippen LogP contribution < -0.4 is 15.4 Å². The maximum Gasteiger partial charge on any atom is 0.321 e. The lowest BCUT2D eigenvalue weighted by Gasteiger charge is -2.40. The minimum absolute atomic E-state index is 0.0842. The van der Waals surface area contributed by atoms with Gasteiger partial charge in [0.25, 0.3) is 5.91 Å². The Bertz CT molecular complexity index is 1280. The van der Waals surface area contributed by atoms with Gasteiger partial charge in [-0.25, -0.2) is 0 Å². The van der Waals surface area contributed by atoms with Crippen LogP contribution in [0.2, 0.25) is 0 Å². The van der Waals surface area contributed by atoms with Crippen LogP contribution in [0, 0.1) is 0 Å². The molecule has 0 heterocycles. The van der Waals surface area contributed by atoms with Gasteiger partial charge < -0.3 is 20.1 Å². The zero-order valence-corrected chi connectivity index (χ0v) is 21.9. The van der Waals surface area contributed by atoms with Gasteiger partial charge in [0.05, 0.1) is 25.2 Å². The summed E-state index contributed by atoms with van der Waals surface area (Å²) < 4.78 is 10.8. The number of amides is 2. The van der Waals surface area contributed by atoms with E-state index in [1.807, 2.05) is 60.7 Å². The molecule has 0 aromatic heterocycles. The topological polar surface area (TPSA) is 93.7 Å². The first-order valence-electron chi connectivity index (χ1n) is 13.0. The molecule has 7 nitrogen and oxygen atoms in total. The second-order valence-corrected chi connectivity index (χ2v) is 9.27. The summed E-state index contributed by atoms with van der Waals surface area (Å²) in [5.74, 6) is -0.446. The van der Waals surface area contributed by atoms with Crippen molar-refractivity contribution in [3.05, 3.63) is 101 Å². The third kappa shape index (κ3) is 5.42. The van der Waals surface area contributed by atoms with Crippen molar-refractivity contribution in [2.24, 2.45) is 0 Å². The molecule has 0 aliphatic heterocycles. The van der Waals surface area contributed by atoms with E-state index in [-0.39, 0.29) is 30.3 Å². The normalized spacial score (nSPS) is 18.1. The third-order valence-corrected chi connectivity index (χ3v) is 7.10. The number of carbonyl (C=O) groups excluding carboxylic acids is 3. The Morgan fingerprint density at radius 3 is 2.34 bits per heavy atom. The van der Waals surface area contributed by atoms with E-state index in [0.29, 0.717) is 43.7 Å². The number of para-hydroxylation sites is 1. The van der Waals surface area contributed by atoms with E-state index in [9.17, 15) is 14.4 Å². The van der Waals surface area contributed by atoms with Gasteiger partial charge in [-0.1, -0.05) is 66.7 Å². The first-order valence-corrected chi connectivity index (χ1v) is 13.0. The highest BCUT2D eigenvalue weighted by molar-refractivity contribution is 5.97. The molecular formula is C31H34N2O5. The van der Waals surface area contributed by atoms with E-state index in [1.165, 1.54) is 7.11 Å². The van der Waals surface area contributed by atoms with Crippen LogP contribution in [0.25, 0.3) is 0 Å². The van der Waals surface area contributed by atoms with Crippen molar-refractivity contribution >= 4 is 17.8 Å². The summed E-state index contributed by atoms with van der Waals surface area (Å²) in [7, 11) is 1.53. The molecule has 0 fully saturated rings. The van der Waals surface area contributed by atoms with Crippen molar-refractivity contribution in [2.45, 2.75) is 37.5 Å². The van der Waals surface area contributed by atoms with Gasteiger partial charge in [0, 0.05) is 13.1 Å². The lowest BCUT2D eigenvalue weighted by atomic mass is 9.63. The molecule has 0 saturated carbocycles. The molecule has 3 aromatic rings. The van der Waals surface area contributed by atoms with Crippen molar-refractivity contribution in [2.75, 3.05) is 26.8 Å². The summed E-state index contributed by atoms with van der Waals surface area (Å²) in [5.41, 5.74) is 2.06. The van der Waals surface area contributed by atoms with Gasteiger partial charge in [0.2, 0.25) is 5.91 Å². The predicted molar refractivity (Wildman–Crippen MR) is 145 cm³/mol. The smallest absolute Gasteiger partial charge is 0.321 e. The molecule has 0 radical (unpaired) electrons. The first kappa shape index (κ1) is 26.9. The van der Waals surface area contributed by atoms with Crippen molar-refractivity contribution in [1.29, 1.82) is 0 Å². The van der Waals surface area contributed by atoms with E-state index >= 15 is 0 Å². The van der Waals surface area contributed by atoms with Gasteiger partial charge >= 0.3 is 5.97 Å². The minimum atomic E-state index is -0.951. The van der Waals surface area contributed by atoms with Gasteiger partial charge in [-0.15, -0.1) is 0 Å². The summed E-state index contributed by atoms with van der Waals surface area (Å²) in [4.78, 5) is 39.2. The molecular weight excluding hydrogens is 480 g/mol. The largest absolute Gasteiger partial charge is 0.496 e.